The number of hydrogen-bond donors (Lipinski definition) is 1. The lowest BCUT2D eigenvalue weighted by Crippen LogP contribution is -2.62. The molecule has 1 N–H and O–H groups in total. The average molecular weight is 435 g/mol. The molecule has 2 aromatic carbocycles. The van der Waals surface area contributed by atoms with Gasteiger partial charge in [0, 0.05) is 32.1 Å². The molecule has 0 unspecified atom stereocenters. The van der Waals surface area contributed by atoms with Gasteiger partial charge in [-0.1, -0.05) is 67.8 Å². The summed E-state index contributed by atoms with van der Waals surface area (Å²) in [7, 11) is 0. The molecule has 0 bridgehead atoms. The molecule has 0 radical (unpaired) electrons. The second-order valence-electron chi connectivity index (χ2n) is 9.18. The summed E-state index contributed by atoms with van der Waals surface area (Å²) in [6, 6.07) is 16.6. The largest absolute Gasteiger partial charge is 0.480 e. The maximum atomic E-state index is 12.8. The molecule has 0 spiro atoms. The number of rotatable bonds is 4. The number of aliphatic carboxylic acids is 1. The van der Waals surface area contributed by atoms with E-state index in [0.717, 1.165) is 19.3 Å². The highest BCUT2D eigenvalue weighted by Gasteiger charge is 2.46. The van der Waals surface area contributed by atoms with Gasteiger partial charge in [0.1, 0.15) is 12.1 Å². The van der Waals surface area contributed by atoms with Crippen LogP contribution >= 0.6 is 0 Å². The first-order chi connectivity index (χ1) is 15.6. The zero-order valence-corrected chi connectivity index (χ0v) is 18.3. The van der Waals surface area contributed by atoms with Gasteiger partial charge in [-0.25, -0.2) is 4.79 Å². The molecule has 32 heavy (non-hydrogen) atoms. The lowest BCUT2D eigenvalue weighted by Gasteiger charge is -2.46. The van der Waals surface area contributed by atoms with Crippen molar-refractivity contribution in [3.8, 4) is 11.1 Å². The Balaban J connectivity index is 1.22. The van der Waals surface area contributed by atoms with Crippen LogP contribution in [-0.2, 0) is 9.53 Å². The number of ether oxygens (including phenoxy) is 1. The zero-order chi connectivity index (χ0) is 22.1. The van der Waals surface area contributed by atoms with E-state index in [-0.39, 0.29) is 12.0 Å². The number of carbonyl (C=O) groups is 2. The molecule has 3 aliphatic rings. The lowest BCUT2D eigenvalue weighted by molar-refractivity contribution is -0.155. The molecule has 6 nitrogen and oxygen atoms in total. The van der Waals surface area contributed by atoms with Crippen molar-refractivity contribution in [3.63, 3.8) is 0 Å². The minimum absolute atomic E-state index is 0.0464. The van der Waals surface area contributed by atoms with Crippen molar-refractivity contribution < 1.29 is 19.4 Å². The Hall–Kier alpha value is -2.86. The molecule has 1 saturated heterocycles. The van der Waals surface area contributed by atoms with Crippen molar-refractivity contribution in [2.75, 3.05) is 32.8 Å². The Morgan fingerprint density at radius 3 is 2.00 bits per heavy atom. The second kappa shape index (κ2) is 8.58. The van der Waals surface area contributed by atoms with Gasteiger partial charge >= 0.3 is 12.1 Å². The minimum Gasteiger partial charge on any atom is -0.480 e. The van der Waals surface area contributed by atoms with E-state index >= 15 is 0 Å². The highest BCUT2D eigenvalue weighted by molar-refractivity contribution is 5.80. The summed E-state index contributed by atoms with van der Waals surface area (Å²) >= 11 is 0. The summed E-state index contributed by atoms with van der Waals surface area (Å²) in [4.78, 5) is 28.7. The third kappa shape index (κ3) is 3.56. The van der Waals surface area contributed by atoms with Gasteiger partial charge < -0.3 is 14.7 Å². The summed E-state index contributed by atoms with van der Waals surface area (Å²) in [5, 5.41) is 9.93. The SMILES string of the molecule is O=C(OCC1c2ccccc2-c2ccccc21)N1CCN(C2(C(=O)O)CCCCC2)CC1. The van der Waals surface area contributed by atoms with Crippen molar-refractivity contribution in [2.45, 2.75) is 43.6 Å². The minimum atomic E-state index is -0.758. The number of hydrogen-bond acceptors (Lipinski definition) is 4. The van der Waals surface area contributed by atoms with E-state index in [1.54, 1.807) is 4.90 Å². The number of carboxylic acid groups (broad SMARTS) is 1. The van der Waals surface area contributed by atoms with E-state index in [0.29, 0.717) is 45.6 Å². The Morgan fingerprint density at radius 2 is 1.44 bits per heavy atom. The number of fused-ring (bicyclic) bond motifs is 3. The maximum Gasteiger partial charge on any atom is 0.409 e. The highest BCUT2D eigenvalue weighted by Crippen LogP contribution is 2.44. The summed E-state index contributed by atoms with van der Waals surface area (Å²) in [6.07, 6.45) is 4.12. The molecule has 5 rings (SSSR count). The normalized spacial score (nSPS) is 20.4. The lowest BCUT2D eigenvalue weighted by atomic mass is 9.80. The third-order valence-electron chi connectivity index (χ3n) is 7.56. The smallest absolute Gasteiger partial charge is 0.409 e. The first kappa shape index (κ1) is 21.0. The second-order valence-corrected chi connectivity index (χ2v) is 9.18. The Bertz CT molecular complexity index is 961. The van der Waals surface area contributed by atoms with E-state index in [1.165, 1.54) is 22.3 Å². The van der Waals surface area contributed by atoms with Gasteiger partial charge in [-0.3, -0.25) is 9.69 Å². The van der Waals surface area contributed by atoms with Crippen LogP contribution in [0.4, 0.5) is 4.79 Å². The number of piperazine rings is 1. The van der Waals surface area contributed by atoms with Crippen LogP contribution in [0, 0.1) is 0 Å². The van der Waals surface area contributed by atoms with E-state index in [1.807, 2.05) is 24.3 Å². The van der Waals surface area contributed by atoms with Gasteiger partial charge in [0.05, 0.1) is 0 Å². The van der Waals surface area contributed by atoms with Crippen molar-refractivity contribution >= 4 is 12.1 Å². The Labute approximate surface area is 188 Å². The Morgan fingerprint density at radius 1 is 0.875 bits per heavy atom. The van der Waals surface area contributed by atoms with Crippen LogP contribution in [0.25, 0.3) is 11.1 Å². The molecule has 1 aliphatic heterocycles. The van der Waals surface area contributed by atoms with Crippen molar-refractivity contribution in [1.29, 1.82) is 0 Å². The quantitative estimate of drug-likeness (QED) is 0.775. The third-order valence-corrected chi connectivity index (χ3v) is 7.56. The predicted molar refractivity (Wildman–Crippen MR) is 122 cm³/mol. The van der Waals surface area contributed by atoms with Crippen molar-refractivity contribution in [2.24, 2.45) is 0 Å². The predicted octanol–water partition coefficient (Wildman–Crippen LogP) is 4.34. The zero-order valence-electron chi connectivity index (χ0n) is 18.3. The standard InChI is InChI=1S/C26H30N2O4/c29-24(30)26(12-6-1-7-13-26)28-16-14-27(15-17-28)25(31)32-18-23-21-10-4-2-8-19(21)20-9-3-5-11-22(20)23/h2-5,8-11,23H,1,6-7,12-18H2,(H,29,30). The van der Waals surface area contributed by atoms with Crippen LogP contribution in [0.2, 0.25) is 0 Å². The molecular formula is C26H30N2O4. The summed E-state index contributed by atoms with van der Waals surface area (Å²) in [5.74, 6) is -0.669. The van der Waals surface area contributed by atoms with Crippen LogP contribution < -0.4 is 0 Å². The molecule has 0 aromatic heterocycles. The van der Waals surface area contributed by atoms with Gasteiger partial charge in [-0.2, -0.15) is 0 Å². The van der Waals surface area contributed by atoms with Crippen LogP contribution in [0.15, 0.2) is 48.5 Å². The van der Waals surface area contributed by atoms with Crippen LogP contribution in [0.3, 0.4) is 0 Å². The maximum absolute atomic E-state index is 12.8. The fraction of sp³-hybridized carbons (Fsp3) is 0.462. The van der Waals surface area contributed by atoms with Crippen LogP contribution in [0.1, 0.15) is 49.1 Å². The molecule has 1 amide bonds. The van der Waals surface area contributed by atoms with E-state index in [9.17, 15) is 14.7 Å². The summed E-state index contributed by atoms with van der Waals surface area (Å²) < 4.78 is 5.78. The first-order valence-electron chi connectivity index (χ1n) is 11.7. The number of nitrogens with zero attached hydrogens (tertiary/aromatic N) is 2. The van der Waals surface area contributed by atoms with Gasteiger partial charge in [0.25, 0.3) is 0 Å². The van der Waals surface area contributed by atoms with Gasteiger partial charge in [-0.05, 0) is 35.1 Å². The molecular weight excluding hydrogens is 404 g/mol. The molecule has 1 heterocycles. The number of amides is 1. The molecule has 0 atom stereocenters. The molecule has 2 fully saturated rings. The van der Waals surface area contributed by atoms with Crippen molar-refractivity contribution in [1.82, 2.24) is 9.80 Å². The number of carboxylic acids is 1. The van der Waals surface area contributed by atoms with Gasteiger partial charge in [-0.15, -0.1) is 0 Å². The molecule has 2 aromatic rings. The van der Waals surface area contributed by atoms with Gasteiger partial charge in [0.15, 0.2) is 0 Å². The fourth-order valence-corrected chi connectivity index (χ4v) is 5.80. The molecule has 1 saturated carbocycles. The molecule has 6 heteroatoms. The average Bonchev–Trinajstić information content (AvgIpc) is 3.17. The number of benzene rings is 2. The van der Waals surface area contributed by atoms with Gasteiger partial charge in [0.2, 0.25) is 0 Å². The van der Waals surface area contributed by atoms with E-state index in [4.69, 9.17) is 4.74 Å². The fourth-order valence-electron chi connectivity index (χ4n) is 5.80. The van der Waals surface area contributed by atoms with Crippen LogP contribution in [-0.4, -0.2) is 65.3 Å². The first-order valence-corrected chi connectivity index (χ1v) is 11.7. The molecule has 168 valence electrons. The van der Waals surface area contributed by atoms with Crippen molar-refractivity contribution in [3.05, 3.63) is 59.7 Å². The number of carbonyl (C=O) groups excluding carboxylic acids is 1. The summed E-state index contributed by atoms with van der Waals surface area (Å²) in [6.45, 7) is 2.48. The van der Waals surface area contributed by atoms with E-state index in [2.05, 4.69) is 29.2 Å². The van der Waals surface area contributed by atoms with E-state index < -0.39 is 11.5 Å². The monoisotopic (exact) mass is 434 g/mol. The highest BCUT2D eigenvalue weighted by atomic mass is 16.6. The molecule has 2 aliphatic carbocycles. The van der Waals surface area contributed by atoms with Crippen LogP contribution in [0.5, 0.6) is 0 Å². The topological polar surface area (TPSA) is 70.1 Å². The summed E-state index contributed by atoms with van der Waals surface area (Å²) in [5.41, 5.74) is 4.07. The Kier molecular flexibility index (Phi) is 5.64.